The number of hydrogen-bond donors (Lipinski definition) is 5. The number of aromatic amines is 1. The van der Waals surface area contributed by atoms with Gasteiger partial charge in [0.05, 0.1) is 13.2 Å². The van der Waals surface area contributed by atoms with Gasteiger partial charge >= 0.3 is 20.7 Å². The Hall–Kier alpha value is -0.920. The molecule has 16 heteroatoms. The Morgan fingerprint density at radius 2 is 2.15 bits per heavy atom. The van der Waals surface area contributed by atoms with Gasteiger partial charge in [0.15, 0.2) is 17.9 Å². The molecule has 0 saturated carbocycles. The van der Waals surface area contributed by atoms with Crippen LogP contribution in [0.25, 0.3) is 0 Å². The van der Waals surface area contributed by atoms with Crippen molar-refractivity contribution in [2.24, 2.45) is 0 Å². The lowest BCUT2D eigenvalue weighted by molar-refractivity contribution is -0.144. The summed E-state index contributed by atoms with van der Waals surface area (Å²) in [6.07, 6.45) is -2.82. The van der Waals surface area contributed by atoms with Crippen molar-refractivity contribution in [1.29, 1.82) is 0 Å². The molecule has 0 bridgehead atoms. The van der Waals surface area contributed by atoms with Gasteiger partial charge in [-0.25, -0.2) is 9.36 Å². The van der Waals surface area contributed by atoms with Crippen LogP contribution in [0.4, 0.5) is 0 Å². The smallest absolute Gasteiger partial charge is 0.393 e. The number of aromatic nitrogens is 2. The molecule has 1 saturated heterocycles. The minimum absolute atomic E-state index is 0.673. The molecule has 13 nitrogen and oxygen atoms in total. The van der Waals surface area contributed by atoms with E-state index in [1.54, 1.807) is 0 Å². The highest BCUT2D eigenvalue weighted by atomic mass is 32.7. The molecule has 152 valence electrons. The molecule has 1 fully saturated rings. The molecule has 1 aliphatic heterocycles. The Kier molecular flexibility index (Phi) is 7.14. The van der Waals surface area contributed by atoms with E-state index >= 15 is 0 Å². The molecule has 4 N–H and O–H groups in total. The Morgan fingerprint density at radius 3 is 2.63 bits per heavy atom. The Labute approximate surface area is 157 Å². The number of thiol groups is 1. The molecule has 0 aliphatic carbocycles. The maximum Gasteiger partial charge on any atom is 0.582 e. The number of hydrogen-bond acceptors (Lipinski definition) is 9. The fourth-order valence-electron chi connectivity index (χ4n) is 2.64. The molecule has 0 radical (unpaired) electrons. The van der Waals surface area contributed by atoms with Gasteiger partial charge in [0.25, 0.3) is 5.56 Å². The molecule has 0 amide bonds. The standard InChI is InChI=1S/C11H16N2O11P2S/c1-21-7-8(24-25(17)27)11(4-14,5-22-26(18,19)20)23-9(7)13-3-2-6(15)12-10(13)16/h2-3,7-9,14H,4-5H2,1H3,(H3-,12,15,16,17,18,19,20,27)/p+1/t7?,8-,9-,11-/m1/s1. The highest BCUT2D eigenvalue weighted by Gasteiger charge is 2.61. The average molecular weight is 447 g/mol. The predicted molar refractivity (Wildman–Crippen MR) is 91.5 cm³/mol. The summed E-state index contributed by atoms with van der Waals surface area (Å²) in [5, 5.41) is 9.83. The van der Waals surface area contributed by atoms with Crippen LogP contribution < -0.4 is 11.2 Å². The summed E-state index contributed by atoms with van der Waals surface area (Å²) in [5.74, 6) is 0. The molecule has 1 aromatic rings. The Bertz CT molecular complexity index is 853. The molecule has 2 unspecified atom stereocenters. The number of phosphoric acid groups is 1. The summed E-state index contributed by atoms with van der Waals surface area (Å²) in [6.45, 7) is -1.78. The van der Waals surface area contributed by atoms with Crippen molar-refractivity contribution in [2.45, 2.75) is 24.0 Å². The minimum atomic E-state index is -4.97. The number of rotatable bonds is 8. The van der Waals surface area contributed by atoms with Gasteiger partial charge in [-0.05, 0) is 4.57 Å². The topological polar surface area (TPSA) is 187 Å². The molecule has 0 aromatic carbocycles. The van der Waals surface area contributed by atoms with Crippen LogP contribution in [0.1, 0.15) is 6.23 Å². The monoisotopic (exact) mass is 447 g/mol. The van der Waals surface area contributed by atoms with Crippen molar-refractivity contribution in [3.05, 3.63) is 33.1 Å². The molecule has 2 rings (SSSR count). The van der Waals surface area contributed by atoms with Gasteiger partial charge < -0.3 is 24.4 Å². The number of aliphatic hydroxyl groups is 1. The summed E-state index contributed by atoms with van der Waals surface area (Å²) >= 11 is 3.63. The van der Waals surface area contributed by atoms with Crippen molar-refractivity contribution >= 4 is 27.3 Å². The summed E-state index contributed by atoms with van der Waals surface area (Å²) in [4.78, 5) is 43.2. The SMILES string of the molecule is COC1[C@H](n2ccc(=O)[nH]c2=O)O[C@](CO)(COP(=O)(O)O)[C@@H]1O[P+](=O)S. The Morgan fingerprint density at radius 1 is 1.48 bits per heavy atom. The second-order valence-corrected chi connectivity index (χ2v) is 8.38. The van der Waals surface area contributed by atoms with Crippen molar-refractivity contribution in [2.75, 3.05) is 20.3 Å². The van der Waals surface area contributed by atoms with E-state index in [0.29, 0.717) is 0 Å². The molecular weight excluding hydrogens is 430 g/mol. The van der Waals surface area contributed by atoms with Crippen LogP contribution in [-0.2, 0) is 27.7 Å². The molecule has 2 heterocycles. The summed E-state index contributed by atoms with van der Waals surface area (Å²) in [5.41, 5.74) is -3.52. The zero-order chi connectivity index (χ0) is 20.4. The van der Waals surface area contributed by atoms with Gasteiger partial charge in [-0.1, -0.05) is 0 Å². The lowest BCUT2D eigenvalue weighted by Gasteiger charge is -2.29. The number of methoxy groups -OCH3 is 1. The molecule has 1 aliphatic rings. The number of phosphoric ester groups is 1. The minimum Gasteiger partial charge on any atom is -0.393 e. The van der Waals surface area contributed by atoms with Gasteiger partial charge in [0.1, 0.15) is 18.4 Å². The van der Waals surface area contributed by atoms with E-state index < -0.39 is 63.6 Å². The lowest BCUT2D eigenvalue weighted by Crippen LogP contribution is -2.50. The number of H-pyrrole nitrogens is 1. The maximum absolute atomic E-state index is 12.1. The van der Waals surface area contributed by atoms with Crippen LogP contribution in [0.5, 0.6) is 0 Å². The number of nitrogens with one attached hydrogen (secondary N) is 1. The van der Waals surface area contributed by atoms with Crippen molar-refractivity contribution < 1.29 is 42.5 Å². The normalized spacial score (nSPS) is 29.1. The van der Waals surface area contributed by atoms with Gasteiger partial charge in [-0.15, -0.1) is 4.52 Å². The van der Waals surface area contributed by atoms with Gasteiger partial charge in [0.2, 0.25) is 0 Å². The first kappa shape index (κ1) is 22.4. The third-order valence-corrected chi connectivity index (χ3v) is 4.96. The maximum atomic E-state index is 12.1. The van der Waals surface area contributed by atoms with Crippen LogP contribution in [0.2, 0.25) is 0 Å². The highest BCUT2D eigenvalue weighted by molar-refractivity contribution is 8.39. The number of ether oxygens (including phenoxy) is 2. The number of aliphatic hydroxyl groups excluding tert-OH is 1. The fraction of sp³-hybridized carbons (Fsp3) is 0.636. The van der Waals surface area contributed by atoms with Crippen LogP contribution >= 0.6 is 27.3 Å². The molecule has 27 heavy (non-hydrogen) atoms. The average Bonchev–Trinajstić information content (AvgIpc) is 2.85. The van der Waals surface area contributed by atoms with Crippen LogP contribution in [0.15, 0.2) is 21.9 Å². The second-order valence-electron chi connectivity index (χ2n) is 5.48. The highest BCUT2D eigenvalue weighted by Crippen LogP contribution is 2.47. The lowest BCUT2D eigenvalue weighted by atomic mass is 9.97. The Balaban J connectivity index is 2.51. The van der Waals surface area contributed by atoms with Gasteiger partial charge in [-0.3, -0.25) is 18.9 Å². The van der Waals surface area contributed by atoms with E-state index in [4.69, 9.17) is 23.8 Å². The molecule has 1 aromatic heterocycles. The van der Waals surface area contributed by atoms with Crippen molar-refractivity contribution in [3.8, 4) is 0 Å². The van der Waals surface area contributed by atoms with Gasteiger partial charge in [-0.2, -0.15) is 0 Å². The zero-order valence-corrected chi connectivity index (χ0v) is 16.4. The summed E-state index contributed by atoms with van der Waals surface area (Å²) in [7, 11) is -6.33. The first-order valence-corrected chi connectivity index (χ1v) is 11.0. The van der Waals surface area contributed by atoms with Crippen LogP contribution in [0.3, 0.4) is 0 Å². The van der Waals surface area contributed by atoms with Gasteiger partial charge in [0, 0.05) is 19.4 Å². The van der Waals surface area contributed by atoms with Crippen molar-refractivity contribution in [1.82, 2.24) is 9.55 Å². The fourth-order valence-corrected chi connectivity index (χ4v) is 3.84. The largest absolute Gasteiger partial charge is 0.582 e. The van der Waals surface area contributed by atoms with E-state index in [-0.39, 0.29) is 0 Å². The number of nitrogens with zero attached hydrogens (tertiary/aromatic N) is 1. The zero-order valence-electron chi connectivity index (χ0n) is 13.7. The first-order valence-electron chi connectivity index (χ1n) is 7.19. The third-order valence-electron chi connectivity index (χ3n) is 3.80. The molecule has 0 spiro atoms. The van der Waals surface area contributed by atoms with Crippen molar-refractivity contribution in [3.63, 3.8) is 0 Å². The van der Waals surface area contributed by atoms with E-state index in [0.717, 1.165) is 16.8 Å². The quantitative estimate of drug-likeness (QED) is 0.240. The van der Waals surface area contributed by atoms with E-state index in [2.05, 4.69) is 16.8 Å². The van der Waals surface area contributed by atoms with Crippen LogP contribution in [-0.4, -0.2) is 62.6 Å². The third kappa shape index (κ3) is 5.12. The predicted octanol–water partition coefficient (Wildman–Crippen LogP) is -1.11. The summed E-state index contributed by atoms with van der Waals surface area (Å²) < 4.78 is 43.9. The second kappa shape index (κ2) is 8.62. The first-order chi connectivity index (χ1) is 12.5. The van der Waals surface area contributed by atoms with E-state index in [1.807, 2.05) is 4.98 Å². The van der Waals surface area contributed by atoms with Crippen LogP contribution in [0, 0.1) is 0 Å². The van der Waals surface area contributed by atoms with E-state index in [9.17, 15) is 23.8 Å². The molecular formula is C11H17N2O11P2S+. The summed E-state index contributed by atoms with van der Waals surface area (Å²) in [6, 6.07) is 1.03. The van der Waals surface area contributed by atoms with E-state index in [1.165, 1.54) is 7.11 Å². The molecule has 5 atom stereocenters.